The van der Waals surface area contributed by atoms with Gasteiger partial charge in [0.25, 0.3) is 0 Å². The molecule has 0 aliphatic carbocycles. The van der Waals surface area contributed by atoms with Crippen LogP contribution in [0.3, 0.4) is 0 Å². The summed E-state index contributed by atoms with van der Waals surface area (Å²) in [6.07, 6.45) is 5.48. The van der Waals surface area contributed by atoms with Gasteiger partial charge in [0, 0.05) is 36.9 Å². The van der Waals surface area contributed by atoms with Crippen LogP contribution in [0.5, 0.6) is 0 Å². The van der Waals surface area contributed by atoms with Gasteiger partial charge < -0.3 is 15.0 Å². The quantitative estimate of drug-likeness (QED) is 0.838. The van der Waals surface area contributed by atoms with Crippen LogP contribution in [0, 0.1) is 0 Å². The fourth-order valence-corrected chi connectivity index (χ4v) is 4.23. The van der Waals surface area contributed by atoms with Gasteiger partial charge in [-0.25, -0.2) is 4.79 Å². The molecule has 0 bridgehead atoms. The van der Waals surface area contributed by atoms with Gasteiger partial charge in [-0.15, -0.1) is 0 Å². The van der Waals surface area contributed by atoms with Crippen molar-refractivity contribution in [3.05, 3.63) is 30.1 Å². The molecular formula is C22H34N4O3. The van der Waals surface area contributed by atoms with Gasteiger partial charge in [-0.3, -0.25) is 14.7 Å². The number of nitrogens with one attached hydrogen (secondary N) is 1. The summed E-state index contributed by atoms with van der Waals surface area (Å²) < 4.78 is 5.52. The Kier molecular flexibility index (Phi) is 6.46. The third-order valence-corrected chi connectivity index (χ3v) is 5.83. The normalized spacial score (nSPS) is 22.3. The number of rotatable bonds is 4. The molecule has 1 N–H and O–H groups in total. The fraction of sp³-hybridized carbons (Fsp3) is 0.682. The van der Waals surface area contributed by atoms with E-state index in [0.29, 0.717) is 32.4 Å². The van der Waals surface area contributed by atoms with Crippen LogP contribution in [0.1, 0.15) is 52.1 Å². The van der Waals surface area contributed by atoms with Gasteiger partial charge in [0.15, 0.2) is 0 Å². The third-order valence-electron chi connectivity index (χ3n) is 5.83. The Hall–Kier alpha value is -2.15. The van der Waals surface area contributed by atoms with Gasteiger partial charge in [-0.2, -0.15) is 0 Å². The summed E-state index contributed by atoms with van der Waals surface area (Å²) in [4.78, 5) is 33.8. The predicted octanol–water partition coefficient (Wildman–Crippen LogP) is 2.60. The molecule has 1 aromatic rings. The summed E-state index contributed by atoms with van der Waals surface area (Å²) in [5.41, 5.74) is 0.0483. The Morgan fingerprint density at radius 1 is 1.24 bits per heavy atom. The van der Waals surface area contributed by atoms with Crippen LogP contribution in [0.4, 0.5) is 4.79 Å². The van der Waals surface area contributed by atoms with Crippen LogP contribution in [-0.2, 0) is 16.0 Å². The lowest BCUT2D eigenvalue weighted by molar-refractivity contribution is -0.127. The van der Waals surface area contributed by atoms with Gasteiger partial charge in [0.1, 0.15) is 5.60 Å². The molecule has 2 aliphatic heterocycles. The van der Waals surface area contributed by atoms with E-state index in [1.165, 1.54) is 0 Å². The number of carbonyl (C=O) groups is 2. The van der Waals surface area contributed by atoms with Crippen LogP contribution in [-0.4, -0.2) is 70.6 Å². The summed E-state index contributed by atoms with van der Waals surface area (Å²) in [5, 5.41) is 3.36. The molecule has 2 saturated heterocycles. The molecule has 0 radical (unpaired) electrons. The predicted molar refractivity (Wildman–Crippen MR) is 112 cm³/mol. The summed E-state index contributed by atoms with van der Waals surface area (Å²) in [5.74, 6) is 0.0895. The Balaban J connectivity index is 1.71. The Morgan fingerprint density at radius 2 is 1.97 bits per heavy atom. The van der Waals surface area contributed by atoms with E-state index in [0.717, 1.165) is 25.1 Å². The maximum absolute atomic E-state index is 13.0. The highest BCUT2D eigenvalue weighted by atomic mass is 16.6. The van der Waals surface area contributed by atoms with E-state index in [9.17, 15) is 9.59 Å². The van der Waals surface area contributed by atoms with Crippen molar-refractivity contribution >= 4 is 12.0 Å². The van der Waals surface area contributed by atoms with Gasteiger partial charge in [0.2, 0.25) is 5.91 Å². The summed E-state index contributed by atoms with van der Waals surface area (Å²) in [6.45, 7) is 7.69. The molecule has 2 amide bonds. The van der Waals surface area contributed by atoms with Gasteiger partial charge in [0.05, 0.1) is 6.04 Å². The lowest BCUT2D eigenvalue weighted by Crippen LogP contribution is -2.60. The van der Waals surface area contributed by atoms with Crippen molar-refractivity contribution in [2.75, 3.05) is 26.7 Å². The van der Waals surface area contributed by atoms with E-state index in [1.807, 2.05) is 46.0 Å². The molecule has 0 spiro atoms. The standard InChI is InChI=1S/C22H34N4O3/c1-21(2,3)29-20(28)26-14-10-22(11-15-26,16-17-8-5-6-12-23-17)24-19(27)18-9-7-13-25(18)4/h5-6,8,12,18H,7,9-11,13-16H2,1-4H3,(H,24,27)/t18-/m1/s1. The van der Waals surface area contributed by atoms with Crippen LogP contribution >= 0.6 is 0 Å². The van der Waals surface area contributed by atoms with Crippen molar-refractivity contribution in [3.8, 4) is 0 Å². The molecule has 160 valence electrons. The van der Waals surface area contributed by atoms with Crippen molar-refractivity contribution in [2.24, 2.45) is 0 Å². The zero-order valence-electron chi connectivity index (χ0n) is 18.1. The topological polar surface area (TPSA) is 74.8 Å². The highest BCUT2D eigenvalue weighted by Gasteiger charge is 2.41. The number of likely N-dealkylation sites (N-methyl/N-ethyl adjacent to an activating group) is 1. The largest absolute Gasteiger partial charge is 0.444 e. The molecule has 1 atom stereocenters. The van der Waals surface area contributed by atoms with Crippen molar-refractivity contribution in [1.29, 1.82) is 0 Å². The number of carbonyl (C=O) groups excluding carboxylic acids is 2. The van der Waals surface area contributed by atoms with Crippen LogP contribution in [0.25, 0.3) is 0 Å². The molecule has 1 aromatic heterocycles. The first-order valence-corrected chi connectivity index (χ1v) is 10.6. The third kappa shape index (κ3) is 5.69. The molecule has 2 fully saturated rings. The van der Waals surface area contributed by atoms with Crippen LogP contribution < -0.4 is 5.32 Å². The van der Waals surface area contributed by atoms with Gasteiger partial charge in [-0.05, 0) is 72.2 Å². The first-order valence-electron chi connectivity index (χ1n) is 10.6. The number of aromatic nitrogens is 1. The van der Waals surface area contributed by atoms with Crippen molar-refractivity contribution in [3.63, 3.8) is 0 Å². The van der Waals surface area contributed by atoms with E-state index in [4.69, 9.17) is 4.74 Å². The number of hydrogen-bond donors (Lipinski definition) is 1. The number of hydrogen-bond acceptors (Lipinski definition) is 5. The molecule has 3 heterocycles. The fourth-order valence-electron chi connectivity index (χ4n) is 4.23. The van der Waals surface area contributed by atoms with Crippen molar-refractivity contribution < 1.29 is 14.3 Å². The monoisotopic (exact) mass is 402 g/mol. The SMILES string of the molecule is CN1CCC[C@@H]1C(=O)NC1(Cc2ccccn2)CCN(C(=O)OC(C)(C)C)CC1. The second kappa shape index (κ2) is 8.69. The van der Waals surface area contributed by atoms with E-state index in [-0.39, 0.29) is 18.0 Å². The maximum atomic E-state index is 13.0. The Bertz CT molecular complexity index is 709. The van der Waals surface area contributed by atoms with Crippen molar-refractivity contribution in [2.45, 2.75) is 70.1 Å². The van der Waals surface area contributed by atoms with E-state index in [1.54, 1.807) is 11.1 Å². The number of piperidine rings is 1. The molecule has 7 nitrogen and oxygen atoms in total. The zero-order valence-corrected chi connectivity index (χ0v) is 18.1. The summed E-state index contributed by atoms with van der Waals surface area (Å²) >= 11 is 0. The number of likely N-dealkylation sites (tertiary alicyclic amines) is 2. The Labute approximate surface area is 173 Å². The lowest BCUT2D eigenvalue weighted by atomic mass is 9.82. The number of amides is 2. The molecule has 3 rings (SSSR count). The molecule has 29 heavy (non-hydrogen) atoms. The highest BCUT2D eigenvalue weighted by molar-refractivity contribution is 5.83. The van der Waals surface area contributed by atoms with Crippen molar-refractivity contribution in [1.82, 2.24) is 20.1 Å². The first-order chi connectivity index (χ1) is 13.7. The first kappa shape index (κ1) is 21.6. The molecule has 0 aromatic carbocycles. The second-order valence-electron chi connectivity index (χ2n) is 9.37. The van der Waals surface area contributed by atoms with Crippen LogP contribution in [0.15, 0.2) is 24.4 Å². The van der Waals surface area contributed by atoms with Crippen LogP contribution in [0.2, 0.25) is 0 Å². The van der Waals surface area contributed by atoms with E-state index < -0.39 is 11.1 Å². The minimum absolute atomic E-state index is 0.0699. The molecule has 0 saturated carbocycles. The number of ether oxygens (including phenoxy) is 1. The molecular weight excluding hydrogens is 368 g/mol. The average Bonchev–Trinajstić information content (AvgIpc) is 3.08. The summed E-state index contributed by atoms with van der Waals surface area (Å²) in [6, 6.07) is 5.79. The number of nitrogens with zero attached hydrogens (tertiary/aromatic N) is 3. The lowest BCUT2D eigenvalue weighted by Gasteiger charge is -2.43. The molecule has 0 unspecified atom stereocenters. The maximum Gasteiger partial charge on any atom is 0.410 e. The molecule has 7 heteroatoms. The van der Waals surface area contributed by atoms with Gasteiger partial charge >= 0.3 is 6.09 Å². The summed E-state index contributed by atoms with van der Waals surface area (Å²) in [7, 11) is 2.01. The highest BCUT2D eigenvalue weighted by Crippen LogP contribution is 2.28. The van der Waals surface area contributed by atoms with E-state index >= 15 is 0 Å². The zero-order chi connectivity index (χ0) is 21.1. The Morgan fingerprint density at radius 3 is 2.52 bits per heavy atom. The van der Waals surface area contributed by atoms with E-state index in [2.05, 4.69) is 15.2 Å². The minimum Gasteiger partial charge on any atom is -0.444 e. The second-order valence-corrected chi connectivity index (χ2v) is 9.37. The number of pyridine rings is 1. The molecule has 2 aliphatic rings. The minimum atomic E-state index is -0.513. The average molecular weight is 403 g/mol. The van der Waals surface area contributed by atoms with Gasteiger partial charge in [-0.1, -0.05) is 6.07 Å². The smallest absolute Gasteiger partial charge is 0.410 e.